The molecule has 0 saturated carbocycles. The van der Waals surface area contributed by atoms with E-state index >= 15 is 0 Å². The summed E-state index contributed by atoms with van der Waals surface area (Å²) in [5, 5.41) is 0. The van der Waals surface area contributed by atoms with Gasteiger partial charge in [-0.1, -0.05) is 6.92 Å². The van der Waals surface area contributed by atoms with Gasteiger partial charge in [-0.3, -0.25) is 4.79 Å². The molecule has 0 bridgehead atoms. The molecule has 0 amide bonds. The first-order valence-electron chi connectivity index (χ1n) is 6.61. The minimum absolute atomic E-state index is 0.0709. The largest absolute Gasteiger partial charge is 0.469 e. The van der Waals surface area contributed by atoms with E-state index in [0.717, 1.165) is 6.07 Å². The highest BCUT2D eigenvalue weighted by molar-refractivity contribution is 7.89. The number of benzene rings is 1. The predicted molar refractivity (Wildman–Crippen MR) is 74.6 cm³/mol. The Bertz CT molecular complexity index is 659. The van der Waals surface area contributed by atoms with Crippen LogP contribution in [0.25, 0.3) is 0 Å². The number of methoxy groups -OCH3 is 1. The van der Waals surface area contributed by atoms with Crippen molar-refractivity contribution in [1.29, 1.82) is 0 Å². The first-order valence-corrected chi connectivity index (χ1v) is 8.05. The van der Waals surface area contributed by atoms with Gasteiger partial charge in [-0.2, -0.15) is 4.31 Å². The maximum absolute atomic E-state index is 13.1. The van der Waals surface area contributed by atoms with Crippen LogP contribution in [0.4, 0.5) is 4.39 Å². The molecule has 1 aromatic rings. The van der Waals surface area contributed by atoms with E-state index < -0.39 is 27.7 Å². The smallest absolute Gasteiger partial charge is 0.310 e. The molecule has 1 aliphatic heterocycles. The number of hydrogen-bond acceptors (Lipinski definition) is 4. The second kappa shape index (κ2) is 5.73. The molecule has 2 rings (SSSR count). The lowest BCUT2D eigenvalue weighted by atomic mass is 9.99. The van der Waals surface area contributed by atoms with E-state index in [4.69, 9.17) is 4.74 Å². The number of esters is 1. The van der Waals surface area contributed by atoms with Crippen molar-refractivity contribution in [2.45, 2.75) is 18.7 Å². The SMILES string of the molecule is COC(=O)C1CN(S(=O)(=O)c2ccc(F)cc2C)CC1C. The molecule has 1 fully saturated rings. The fourth-order valence-corrected chi connectivity index (χ4v) is 4.39. The van der Waals surface area contributed by atoms with Gasteiger partial charge in [0.25, 0.3) is 0 Å². The maximum Gasteiger partial charge on any atom is 0.310 e. The molecule has 1 saturated heterocycles. The highest BCUT2D eigenvalue weighted by Gasteiger charge is 2.41. The Morgan fingerprint density at radius 1 is 1.38 bits per heavy atom. The summed E-state index contributed by atoms with van der Waals surface area (Å²) in [7, 11) is -2.45. The van der Waals surface area contributed by atoms with E-state index in [2.05, 4.69) is 0 Å². The van der Waals surface area contributed by atoms with Crippen LogP contribution >= 0.6 is 0 Å². The van der Waals surface area contributed by atoms with Crippen molar-refractivity contribution >= 4 is 16.0 Å². The van der Waals surface area contributed by atoms with Crippen LogP contribution in [0.3, 0.4) is 0 Å². The molecule has 1 aliphatic rings. The summed E-state index contributed by atoms with van der Waals surface area (Å²) in [5.41, 5.74) is 0.351. The van der Waals surface area contributed by atoms with Crippen molar-refractivity contribution in [3.63, 3.8) is 0 Å². The third kappa shape index (κ3) is 2.94. The number of carbonyl (C=O) groups is 1. The van der Waals surface area contributed by atoms with Gasteiger partial charge < -0.3 is 4.74 Å². The Kier molecular flexibility index (Phi) is 4.34. The lowest BCUT2D eigenvalue weighted by Gasteiger charge is -2.17. The van der Waals surface area contributed by atoms with Crippen LogP contribution in [-0.4, -0.2) is 38.9 Å². The van der Waals surface area contributed by atoms with Gasteiger partial charge in [0.1, 0.15) is 5.82 Å². The second-order valence-electron chi connectivity index (χ2n) is 5.34. The van der Waals surface area contributed by atoms with Crippen molar-refractivity contribution in [3.05, 3.63) is 29.6 Å². The van der Waals surface area contributed by atoms with Gasteiger partial charge >= 0.3 is 5.97 Å². The van der Waals surface area contributed by atoms with Gasteiger partial charge in [-0.15, -0.1) is 0 Å². The minimum Gasteiger partial charge on any atom is -0.469 e. The van der Waals surface area contributed by atoms with Crippen LogP contribution < -0.4 is 0 Å². The number of sulfonamides is 1. The minimum atomic E-state index is -3.73. The number of ether oxygens (including phenoxy) is 1. The highest BCUT2D eigenvalue weighted by atomic mass is 32.2. The number of aryl methyl sites for hydroxylation is 1. The summed E-state index contributed by atoms with van der Waals surface area (Å²) in [6, 6.07) is 3.57. The third-order valence-corrected chi connectivity index (χ3v) is 5.83. The number of halogens is 1. The van der Waals surface area contributed by atoms with Gasteiger partial charge in [0.05, 0.1) is 17.9 Å². The summed E-state index contributed by atoms with van der Waals surface area (Å²) in [6.07, 6.45) is 0. The summed E-state index contributed by atoms with van der Waals surface area (Å²) in [4.78, 5) is 11.7. The first-order chi connectivity index (χ1) is 9.77. The van der Waals surface area contributed by atoms with E-state index in [1.54, 1.807) is 6.92 Å². The highest BCUT2D eigenvalue weighted by Crippen LogP contribution is 2.30. The topological polar surface area (TPSA) is 63.7 Å². The Balaban J connectivity index is 2.31. The molecule has 2 unspecified atom stereocenters. The zero-order chi connectivity index (χ0) is 15.8. The molecule has 0 aromatic heterocycles. The number of rotatable bonds is 3. The van der Waals surface area contributed by atoms with Crippen molar-refractivity contribution in [1.82, 2.24) is 4.31 Å². The van der Waals surface area contributed by atoms with Crippen LogP contribution in [0.15, 0.2) is 23.1 Å². The lowest BCUT2D eigenvalue weighted by molar-refractivity contribution is -0.145. The molecule has 2 atom stereocenters. The molecule has 0 aliphatic carbocycles. The molecule has 1 aromatic carbocycles. The van der Waals surface area contributed by atoms with Crippen LogP contribution in [-0.2, 0) is 19.6 Å². The monoisotopic (exact) mass is 315 g/mol. The standard InChI is InChI=1S/C14H18FNO4S/c1-9-6-11(15)4-5-13(9)21(18,19)16-7-10(2)12(8-16)14(17)20-3/h4-6,10,12H,7-8H2,1-3H3. The maximum atomic E-state index is 13.1. The molecular weight excluding hydrogens is 297 g/mol. The molecule has 0 N–H and O–H groups in total. The van der Waals surface area contributed by atoms with E-state index in [-0.39, 0.29) is 23.9 Å². The molecule has 1 heterocycles. The van der Waals surface area contributed by atoms with Gasteiger partial charge in [0, 0.05) is 13.1 Å². The molecule has 7 heteroatoms. The fourth-order valence-electron chi connectivity index (χ4n) is 2.62. The second-order valence-corrected chi connectivity index (χ2v) is 7.25. The van der Waals surface area contributed by atoms with Crippen LogP contribution in [0.5, 0.6) is 0 Å². The average molecular weight is 315 g/mol. The van der Waals surface area contributed by atoms with Crippen molar-refractivity contribution < 1.29 is 22.3 Å². The van der Waals surface area contributed by atoms with E-state index in [1.165, 1.54) is 23.5 Å². The van der Waals surface area contributed by atoms with Gasteiger partial charge in [0.15, 0.2) is 0 Å². The Morgan fingerprint density at radius 2 is 2.05 bits per heavy atom. The summed E-state index contributed by atoms with van der Waals surface area (Å²) in [6.45, 7) is 3.70. The van der Waals surface area contributed by atoms with Crippen LogP contribution in [0, 0.1) is 24.6 Å². The average Bonchev–Trinajstić information content (AvgIpc) is 2.80. The molecule has 116 valence electrons. The van der Waals surface area contributed by atoms with Gasteiger partial charge in [-0.05, 0) is 36.6 Å². The first kappa shape index (κ1) is 15.9. The van der Waals surface area contributed by atoms with E-state index in [9.17, 15) is 17.6 Å². The van der Waals surface area contributed by atoms with E-state index in [0.29, 0.717) is 5.56 Å². The lowest BCUT2D eigenvalue weighted by Crippen LogP contribution is -2.30. The zero-order valence-electron chi connectivity index (χ0n) is 12.2. The van der Waals surface area contributed by atoms with Crippen molar-refractivity contribution in [3.8, 4) is 0 Å². The van der Waals surface area contributed by atoms with Crippen molar-refractivity contribution in [2.24, 2.45) is 11.8 Å². The number of nitrogens with zero attached hydrogens (tertiary/aromatic N) is 1. The van der Waals surface area contributed by atoms with Gasteiger partial charge in [-0.25, -0.2) is 12.8 Å². The predicted octanol–water partition coefficient (Wildman–Crippen LogP) is 1.56. The quantitative estimate of drug-likeness (QED) is 0.794. The van der Waals surface area contributed by atoms with Crippen LogP contribution in [0.2, 0.25) is 0 Å². The molecule has 0 spiro atoms. The molecule has 5 nitrogen and oxygen atoms in total. The number of hydrogen-bond donors (Lipinski definition) is 0. The molecule has 21 heavy (non-hydrogen) atoms. The Labute approximate surface area is 123 Å². The van der Waals surface area contributed by atoms with E-state index in [1.807, 2.05) is 6.92 Å². The fraction of sp³-hybridized carbons (Fsp3) is 0.500. The Morgan fingerprint density at radius 3 is 2.62 bits per heavy atom. The molecular formula is C14H18FNO4S. The zero-order valence-corrected chi connectivity index (χ0v) is 13.0. The summed E-state index contributed by atoms with van der Waals surface area (Å²) >= 11 is 0. The third-order valence-electron chi connectivity index (χ3n) is 3.84. The Hall–Kier alpha value is -1.47. The normalized spacial score (nSPS) is 23.2. The molecule has 0 radical (unpaired) electrons. The van der Waals surface area contributed by atoms with Gasteiger partial charge in [0.2, 0.25) is 10.0 Å². The number of carbonyl (C=O) groups excluding carboxylic acids is 1. The van der Waals surface area contributed by atoms with Crippen LogP contribution in [0.1, 0.15) is 12.5 Å². The summed E-state index contributed by atoms with van der Waals surface area (Å²) < 4.78 is 44.3. The summed E-state index contributed by atoms with van der Waals surface area (Å²) in [5.74, 6) is -1.47. The van der Waals surface area contributed by atoms with Crippen molar-refractivity contribution in [2.75, 3.05) is 20.2 Å².